The molecule has 0 spiro atoms. The van der Waals surface area contributed by atoms with Crippen molar-refractivity contribution >= 4 is 28.3 Å². The van der Waals surface area contributed by atoms with Crippen LogP contribution in [-0.4, -0.2) is 24.5 Å². The molecule has 1 aliphatic heterocycles. The van der Waals surface area contributed by atoms with Gasteiger partial charge in [-0.1, -0.05) is 6.92 Å². The van der Waals surface area contributed by atoms with Crippen molar-refractivity contribution in [3.8, 4) is 0 Å². The molecule has 0 amide bonds. The lowest BCUT2D eigenvalue weighted by molar-refractivity contribution is 0.268. The smallest absolute Gasteiger partial charge is 0.144 e. The summed E-state index contributed by atoms with van der Waals surface area (Å²) in [5, 5.41) is 0. The van der Waals surface area contributed by atoms with E-state index in [0.717, 1.165) is 19.5 Å². The van der Waals surface area contributed by atoms with Gasteiger partial charge in [-0.15, -0.1) is 12.4 Å². The standard InChI is InChI=1S/C13H17BrF2N2.ClH/c1-13(7-17)4-5-18(8-13)6-9-11(15)3-2-10(14)12(9)16;/h2-3H,4-8,17H2,1H3;1H. The zero-order valence-electron chi connectivity index (χ0n) is 10.8. The molecule has 2 N–H and O–H groups in total. The van der Waals surface area contributed by atoms with Gasteiger partial charge in [0.2, 0.25) is 0 Å². The Kier molecular flexibility index (Phi) is 5.74. The highest BCUT2D eigenvalue weighted by Crippen LogP contribution is 2.31. The van der Waals surface area contributed by atoms with E-state index < -0.39 is 11.6 Å². The number of rotatable bonds is 3. The normalized spacial score (nSPS) is 23.4. The largest absolute Gasteiger partial charge is 0.330 e. The molecule has 108 valence electrons. The van der Waals surface area contributed by atoms with Crippen molar-refractivity contribution in [2.24, 2.45) is 11.1 Å². The van der Waals surface area contributed by atoms with E-state index in [1.165, 1.54) is 12.1 Å². The monoisotopic (exact) mass is 354 g/mol. The first-order valence-corrected chi connectivity index (χ1v) is 6.79. The summed E-state index contributed by atoms with van der Waals surface area (Å²) in [4.78, 5) is 2.06. The van der Waals surface area contributed by atoms with Crippen LogP contribution in [0.5, 0.6) is 0 Å². The van der Waals surface area contributed by atoms with Crippen molar-refractivity contribution in [2.75, 3.05) is 19.6 Å². The zero-order chi connectivity index (χ0) is 13.3. The second-order valence-corrected chi connectivity index (χ2v) is 6.15. The summed E-state index contributed by atoms with van der Waals surface area (Å²) in [6.45, 7) is 4.63. The van der Waals surface area contributed by atoms with Gasteiger partial charge in [0, 0.05) is 18.7 Å². The molecule has 1 saturated heterocycles. The van der Waals surface area contributed by atoms with Gasteiger partial charge in [-0.25, -0.2) is 8.78 Å². The van der Waals surface area contributed by atoms with Gasteiger partial charge in [0.25, 0.3) is 0 Å². The molecule has 2 rings (SSSR count). The van der Waals surface area contributed by atoms with Crippen LogP contribution < -0.4 is 5.73 Å². The van der Waals surface area contributed by atoms with Crippen molar-refractivity contribution in [2.45, 2.75) is 19.9 Å². The summed E-state index contributed by atoms with van der Waals surface area (Å²) < 4.78 is 27.8. The van der Waals surface area contributed by atoms with Crippen LogP contribution in [0.15, 0.2) is 16.6 Å². The molecule has 1 unspecified atom stereocenters. The van der Waals surface area contributed by atoms with Crippen molar-refractivity contribution < 1.29 is 8.78 Å². The fraction of sp³-hybridized carbons (Fsp3) is 0.538. The van der Waals surface area contributed by atoms with E-state index in [2.05, 4.69) is 27.8 Å². The fourth-order valence-electron chi connectivity index (χ4n) is 2.37. The van der Waals surface area contributed by atoms with Gasteiger partial charge in [0.05, 0.1) is 4.47 Å². The summed E-state index contributed by atoms with van der Waals surface area (Å²) in [7, 11) is 0. The van der Waals surface area contributed by atoms with Gasteiger partial charge in [0.15, 0.2) is 0 Å². The van der Waals surface area contributed by atoms with Crippen LogP contribution in [0.4, 0.5) is 8.78 Å². The van der Waals surface area contributed by atoms with Crippen molar-refractivity contribution in [1.29, 1.82) is 0 Å². The van der Waals surface area contributed by atoms with E-state index in [-0.39, 0.29) is 23.4 Å². The molecule has 6 heteroatoms. The van der Waals surface area contributed by atoms with E-state index in [4.69, 9.17) is 5.73 Å². The second kappa shape index (κ2) is 6.48. The molecule has 1 aromatic rings. The first-order chi connectivity index (χ1) is 8.45. The van der Waals surface area contributed by atoms with Crippen LogP contribution in [-0.2, 0) is 6.54 Å². The molecule has 1 heterocycles. The van der Waals surface area contributed by atoms with Crippen molar-refractivity contribution in [3.63, 3.8) is 0 Å². The maximum absolute atomic E-state index is 13.9. The Morgan fingerprint density at radius 2 is 2.11 bits per heavy atom. The average molecular weight is 356 g/mol. The Morgan fingerprint density at radius 1 is 1.42 bits per heavy atom. The lowest BCUT2D eigenvalue weighted by atomic mass is 9.90. The predicted molar refractivity (Wildman–Crippen MR) is 78.4 cm³/mol. The first-order valence-electron chi connectivity index (χ1n) is 6.00. The number of hydrogen-bond donors (Lipinski definition) is 1. The minimum Gasteiger partial charge on any atom is -0.330 e. The van der Waals surface area contributed by atoms with Crippen LogP contribution >= 0.6 is 28.3 Å². The van der Waals surface area contributed by atoms with E-state index in [1.807, 2.05) is 0 Å². The van der Waals surface area contributed by atoms with Crippen LogP contribution in [0.25, 0.3) is 0 Å². The summed E-state index contributed by atoms with van der Waals surface area (Å²) >= 11 is 3.09. The lowest BCUT2D eigenvalue weighted by Gasteiger charge is -2.23. The molecular formula is C13H18BrClF2N2. The number of likely N-dealkylation sites (tertiary alicyclic amines) is 1. The van der Waals surface area contributed by atoms with Gasteiger partial charge < -0.3 is 5.73 Å². The third-order valence-electron chi connectivity index (χ3n) is 3.65. The number of nitrogens with two attached hydrogens (primary N) is 1. The molecule has 0 bridgehead atoms. The van der Waals surface area contributed by atoms with Gasteiger partial charge in [-0.05, 0) is 53.0 Å². The minimum absolute atomic E-state index is 0. The maximum atomic E-state index is 13.9. The third kappa shape index (κ3) is 3.66. The Labute approximate surface area is 126 Å². The van der Waals surface area contributed by atoms with E-state index in [0.29, 0.717) is 17.6 Å². The number of hydrogen-bond acceptors (Lipinski definition) is 2. The topological polar surface area (TPSA) is 29.3 Å². The molecule has 2 nitrogen and oxygen atoms in total. The predicted octanol–water partition coefficient (Wildman–Crippen LogP) is 3.32. The Balaban J connectivity index is 0.00000180. The minimum atomic E-state index is -0.503. The maximum Gasteiger partial charge on any atom is 0.144 e. The number of nitrogens with zero attached hydrogens (tertiary/aromatic N) is 1. The fourth-order valence-corrected chi connectivity index (χ4v) is 2.74. The Morgan fingerprint density at radius 3 is 2.68 bits per heavy atom. The Hall–Kier alpha value is -0.230. The van der Waals surface area contributed by atoms with Crippen molar-refractivity contribution in [1.82, 2.24) is 4.90 Å². The van der Waals surface area contributed by atoms with Crippen LogP contribution in [0.2, 0.25) is 0 Å². The van der Waals surface area contributed by atoms with Crippen LogP contribution in [0, 0.1) is 17.0 Å². The molecule has 1 aromatic carbocycles. The molecule has 1 atom stereocenters. The quantitative estimate of drug-likeness (QED) is 0.843. The average Bonchev–Trinajstić information content (AvgIpc) is 2.72. The number of halogens is 4. The second-order valence-electron chi connectivity index (χ2n) is 5.30. The highest BCUT2D eigenvalue weighted by Gasteiger charge is 2.33. The van der Waals surface area contributed by atoms with Gasteiger partial charge in [-0.2, -0.15) is 0 Å². The molecule has 0 aliphatic carbocycles. The molecule has 1 fully saturated rings. The van der Waals surface area contributed by atoms with E-state index >= 15 is 0 Å². The van der Waals surface area contributed by atoms with E-state index in [9.17, 15) is 8.78 Å². The van der Waals surface area contributed by atoms with Gasteiger partial charge >= 0.3 is 0 Å². The van der Waals surface area contributed by atoms with E-state index in [1.54, 1.807) is 0 Å². The zero-order valence-corrected chi connectivity index (χ0v) is 13.2. The first kappa shape index (κ1) is 16.8. The molecule has 1 aliphatic rings. The lowest BCUT2D eigenvalue weighted by Crippen LogP contribution is -2.31. The molecule has 0 saturated carbocycles. The molecular weight excluding hydrogens is 338 g/mol. The molecule has 0 radical (unpaired) electrons. The summed E-state index contributed by atoms with van der Waals surface area (Å²) in [5.74, 6) is -0.992. The van der Waals surface area contributed by atoms with Gasteiger partial charge in [0.1, 0.15) is 11.6 Å². The highest BCUT2D eigenvalue weighted by atomic mass is 79.9. The molecule has 0 aromatic heterocycles. The van der Waals surface area contributed by atoms with Crippen LogP contribution in [0.1, 0.15) is 18.9 Å². The van der Waals surface area contributed by atoms with Crippen LogP contribution in [0.3, 0.4) is 0 Å². The SMILES string of the molecule is CC1(CN)CCN(Cc2c(F)ccc(Br)c2F)C1.Cl. The number of benzene rings is 1. The summed E-state index contributed by atoms with van der Waals surface area (Å²) in [5.41, 5.74) is 5.92. The summed E-state index contributed by atoms with van der Waals surface area (Å²) in [6, 6.07) is 2.68. The summed E-state index contributed by atoms with van der Waals surface area (Å²) in [6.07, 6.45) is 0.973. The molecule has 19 heavy (non-hydrogen) atoms. The highest BCUT2D eigenvalue weighted by molar-refractivity contribution is 9.10. The van der Waals surface area contributed by atoms with Crippen molar-refractivity contribution in [3.05, 3.63) is 33.8 Å². The Bertz CT molecular complexity index is 459. The van der Waals surface area contributed by atoms with Gasteiger partial charge in [-0.3, -0.25) is 4.90 Å². The third-order valence-corrected chi connectivity index (χ3v) is 4.26.